The average Bonchev–Trinajstić information content (AvgIpc) is 2.76. The van der Waals surface area contributed by atoms with E-state index in [-0.39, 0.29) is 42.6 Å². The third kappa shape index (κ3) is 3.41. The molecule has 2 saturated carbocycles. The number of rotatable bonds is 4. The van der Waals surface area contributed by atoms with Gasteiger partial charge in [-0.2, -0.15) is 0 Å². The molecular formula is C24H28N2O9. The first kappa shape index (κ1) is 24.7. The van der Waals surface area contributed by atoms with Gasteiger partial charge in [0.15, 0.2) is 11.4 Å². The molecule has 3 aliphatic carbocycles. The normalized spacial score (nSPS) is 29.7. The van der Waals surface area contributed by atoms with Gasteiger partial charge in [-0.05, 0) is 43.7 Å². The number of aliphatic hydroxyl groups is 3. The molecule has 2 unspecified atom stereocenters. The van der Waals surface area contributed by atoms with E-state index in [2.05, 4.69) is 0 Å². The molecule has 2 fully saturated rings. The maximum atomic E-state index is 13.6. The lowest BCUT2D eigenvalue weighted by atomic mass is 9.56. The first-order valence-corrected chi connectivity index (χ1v) is 11.3. The number of primary amides is 1. The molecule has 0 heterocycles. The Balaban J connectivity index is 1.92. The molecule has 0 aliphatic heterocycles. The third-order valence-electron chi connectivity index (χ3n) is 7.34. The Hall–Kier alpha value is -3.44. The highest BCUT2D eigenvalue weighted by Crippen LogP contribution is 2.53. The molecule has 1 aromatic carbocycles. The topological polar surface area (TPSA) is 188 Å². The molecule has 1 aromatic rings. The molecule has 11 heteroatoms. The van der Waals surface area contributed by atoms with Crippen molar-refractivity contribution in [2.75, 3.05) is 25.6 Å². The van der Waals surface area contributed by atoms with Crippen molar-refractivity contribution in [2.24, 2.45) is 23.5 Å². The molecule has 0 saturated heterocycles. The predicted molar refractivity (Wildman–Crippen MR) is 122 cm³/mol. The number of phenols is 1. The standard InChI is InChI=1S/C24H28N2O9/c1-4-35-23(33)12-8-13(26(2)3)11-6-9-5-10-7-14(27)17(22(25)32)21(31)24(10,34)20(30)15(9)19(29)16(11)18(12)28/h8-10,14,17,27-29,34H,4-7H2,1-3H3,(H2,25,32)/t9-,10+,14?,17?,24+/m1/s1. The third-order valence-corrected chi connectivity index (χ3v) is 7.34. The number of esters is 1. The summed E-state index contributed by atoms with van der Waals surface area (Å²) in [5.74, 6) is -8.94. The Morgan fingerprint density at radius 1 is 1.23 bits per heavy atom. The zero-order valence-corrected chi connectivity index (χ0v) is 19.6. The van der Waals surface area contributed by atoms with Gasteiger partial charge in [0.25, 0.3) is 0 Å². The number of fused-ring (bicyclic) bond motifs is 3. The number of phenolic OH excluding ortho intramolecular Hbond substituents is 1. The molecule has 0 radical (unpaired) electrons. The van der Waals surface area contributed by atoms with Crippen molar-refractivity contribution in [1.82, 2.24) is 0 Å². The number of nitrogens with zero attached hydrogens (tertiary/aromatic N) is 1. The van der Waals surface area contributed by atoms with Crippen molar-refractivity contribution in [2.45, 2.75) is 37.9 Å². The van der Waals surface area contributed by atoms with Crippen LogP contribution in [0.15, 0.2) is 11.6 Å². The van der Waals surface area contributed by atoms with Gasteiger partial charge in [-0.15, -0.1) is 0 Å². The smallest absolute Gasteiger partial charge is 0.342 e. The fourth-order valence-corrected chi connectivity index (χ4v) is 5.74. The van der Waals surface area contributed by atoms with Gasteiger partial charge in [0, 0.05) is 31.3 Å². The maximum absolute atomic E-state index is 13.6. The summed E-state index contributed by atoms with van der Waals surface area (Å²) in [4.78, 5) is 52.6. The summed E-state index contributed by atoms with van der Waals surface area (Å²) in [6.07, 6.45) is -1.43. The Morgan fingerprint density at radius 3 is 2.46 bits per heavy atom. The van der Waals surface area contributed by atoms with Crippen molar-refractivity contribution in [3.63, 3.8) is 0 Å². The Morgan fingerprint density at radius 2 is 1.89 bits per heavy atom. The number of amides is 1. The average molecular weight is 488 g/mol. The van der Waals surface area contributed by atoms with Crippen molar-refractivity contribution in [3.05, 3.63) is 28.3 Å². The van der Waals surface area contributed by atoms with Crippen LogP contribution in [0, 0.1) is 17.8 Å². The number of nitrogens with two attached hydrogens (primary N) is 1. The Labute approximate surface area is 200 Å². The molecular weight excluding hydrogens is 460 g/mol. The molecule has 3 aliphatic rings. The van der Waals surface area contributed by atoms with Gasteiger partial charge in [-0.25, -0.2) is 4.79 Å². The number of aromatic hydroxyl groups is 1. The molecule has 4 rings (SSSR count). The maximum Gasteiger partial charge on any atom is 0.342 e. The van der Waals surface area contributed by atoms with Gasteiger partial charge in [-0.1, -0.05) is 0 Å². The van der Waals surface area contributed by atoms with Crippen molar-refractivity contribution in [1.29, 1.82) is 0 Å². The summed E-state index contributed by atoms with van der Waals surface area (Å²) in [6, 6.07) is 1.44. The second-order valence-corrected chi connectivity index (χ2v) is 9.50. The number of hydrogen-bond donors (Lipinski definition) is 5. The van der Waals surface area contributed by atoms with Crippen LogP contribution in [-0.2, 0) is 25.5 Å². The minimum atomic E-state index is -2.66. The predicted octanol–water partition coefficient (Wildman–Crippen LogP) is -0.168. The number of carbonyl (C=O) groups excluding carboxylic acids is 4. The molecule has 0 aromatic heterocycles. The molecule has 5 atom stereocenters. The highest BCUT2D eigenvalue weighted by Gasteiger charge is 2.64. The number of carbonyl (C=O) groups is 4. The van der Waals surface area contributed by atoms with Crippen LogP contribution in [0.25, 0.3) is 5.76 Å². The number of aliphatic hydroxyl groups excluding tert-OH is 2. The fourth-order valence-electron chi connectivity index (χ4n) is 5.74. The first-order chi connectivity index (χ1) is 16.4. The molecule has 6 N–H and O–H groups in total. The molecule has 35 heavy (non-hydrogen) atoms. The minimum Gasteiger partial charge on any atom is -0.507 e. The summed E-state index contributed by atoms with van der Waals surface area (Å²) in [6.45, 7) is 1.64. The number of anilines is 1. The SMILES string of the molecule is CCOC(=O)c1cc(N(C)C)c2c(c1O)C(O)=C1C(=O)[C@]3(O)C(=O)C(C(N)=O)C(O)C[C@@H]3C[C@@H]1C2. The molecule has 0 spiro atoms. The van der Waals surface area contributed by atoms with E-state index in [1.54, 1.807) is 25.9 Å². The van der Waals surface area contributed by atoms with E-state index in [0.717, 1.165) is 0 Å². The zero-order chi connectivity index (χ0) is 26.0. The van der Waals surface area contributed by atoms with Crippen molar-refractivity contribution in [3.8, 4) is 5.75 Å². The van der Waals surface area contributed by atoms with Gasteiger partial charge in [0.2, 0.25) is 11.7 Å². The van der Waals surface area contributed by atoms with Gasteiger partial charge < -0.3 is 35.8 Å². The highest BCUT2D eigenvalue weighted by atomic mass is 16.5. The monoisotopic (exact) mass is 488 g/mol. The molecule has 1 amide bonds. The number of hydrogen-bond acceptors (Lipinski definition) is 10. The first-order valence-electron chi connectivity index (χ1n) is 11.3. The molecule has 0 bridgehead atoms. The van der Waals surface area contributed by atoms with Crippen molar-refractivity contribution < 1.29 is 44.3 Å². The molecule has 188 valence electrons. The lowest BCUT2D eigenvalue weighted by molar-refractivity contribution is -0.174. The summed E-state index contributed by atoms with van der Waals surface area (Å²) >= 11 is 0. The lowest BCUT2D eigenvalue weighted by Crippen LogP contribution is -2.66. The van der Waals surface area contributed by atoms with Crippen LogP contribution in [0.5, 0.6) is 5.75 Å². The Kier molecular flexibility index (Phi) is 5.89. The number of Topliss-reactive ketones (excluding diaryl/α,β-unsaturated/α-hetero) is 2. The largest absolute Gasteiger partial charge is 0.507 e. The van der Waals surface area contributed by atoms with Crippen LogP contribution in [-0.4, -0.2) is 76.3 Å². The zero-order valence-electron chi connectivity index (χ0n) is 19.6. The van der Waals surface area contributed by atoms with Gasteiger partial charge >= 0.3 is 5.97 Å². The summed E-state index contributed by atoms with van der Waals surface area (Å²) in [7, 11) is 3.42. The number of benzene rings is 1. The van der Waals surface area contributed by atoms with Crippen LogP contribution in [0.2, 0.25) is 0 Å². The van der Waals surface area contributed by atoms with Crippen LogP contribution in [0.4, 0.5) is 5.69 Å². The Bertz CT molecular complexity index is 1190. The van der Waals surface area contributed by atoms with E-state index < -0.39 is 64.4 Å². The summed E-state index contributed by atoms with van der Waals surface area (Å²) in [5.41, 5.74) is 2.92. The van der Waals surface area contributed by atoms with E-state index in [4.69, 9.17) is 10.5 Å². The van der Waals surface area contributed by atoms with Gasteiger partial charge in [0.05, 0.1) is 18.3 Å². The van der Waals surface area contributed by atoms with E-state index in [9.17, 15) is 39.6 Å². The number of ether oxygens (including phenoxy) is 1. The van der Waals surface area contributed by atoms with Gasteiger partial charge in [-0.3, -0.25) is 14.4 Å². The minimum absolute atomic E-state index is 0.0453. The van der Waals surface area contributed by atoms with E-state index in [0.29, 0.717) is 11.3 Å². The van der Waals surface area contributed by atoms with E-state index in [1.807, 2.05) is 0 Å². The quantitative estimate of drug-likeness (QED) is 0.281. The van der Waals surface area contributed by atoms with Crippen LogP contribution < -0.4 is 10.6 Å². The molecule has 11 nitrogen and oxygen atoms in total. The fraction of sp³-hybridized carbons (Fsp3) is 0.500. The number of ketones is 2. The van der Waals surface area contributed by atoms with Crippen LogP contribution in [0.3, 0.4) is 0 Å². The van der Waals surface area contributed by atoms with E-state index >= 15 is 0 Å². The lowest BCUT2D eigenvalue weighted by Gasteiger charge is -2.48. The van der Waals surface area contributed by atoms with Gasteiger partial charge in [0.1, 0.15) is 23.0 Å². The van der Waals surface area contributed by atoms with Crippen LogP contribution >= 0.6 is 0 Å². The van der Waals surface area contributed by atoms with E-state index in [1.165, 1.54) is 6.07 Å². The summed E-state index contributed by atoms with van der Waals surface area (Å²) in [5, 5.41) is 43.8. The second-order valence-electron chi connectivity index (χ2n) is 9.50. The highest BCUT2D eigenvalue weighted by molar-refractivity contribution is 6.24. The summed E-state index contributed by atoms with van der Waals surface area (Å²) < 4.78 is 5.01. The second kappa shape index (κ2) is 8.35. The van der Waals surface area contributed by atoms with Crippen LogP contribution in [0.1, 0.15) is 41.3 Å². The van der Waals surface area contributed by atoms with Crippen molar-refractivity contribution >= 4 is 34.9 Å².